The van der Waals surface area contributed by atoms with Gasteiger partial charge in [-0.1, -0.05) is 11.3 Å². The van der Waals surface area contributed by atoms with Crippen LogP contribution in [0.5, 0.6) is 0 Å². The molecule has 0 aliphatic heterocycles. The number of halogens is 2. The average molecular weight is 292 g/mol. The summed E-state index contributed by atoms with van der Waals surface area (Å²) in [4.78, 5) is 11.9. The van der Waals surface area contributed by atoms with Crippen LogP contribution in [-0.2, 0) is 10.0 Å². The van der Waals surface area contributed by atoms with Crippen molar-refractivity contribution in [2.45, 2.75) is 4.90 Å². The van der Waals surface area contributed by atoms with Gasteiger partial charge in [-0.05, 0) is 12.1 Å². The minimum absolute atomic E-state index is 0.0716. The molecule has 0 aliphatic rings. The summed E-state index contributed by atoms with van der Waals surface area (Å²) in [5.74, 6) is -2.17. The van der Waals surface area contributed by atoms with E-state index in [2.05, 4.69) is 4.98 Å². The van der Waals surface area contributed by atoms with E-state index in [1.54, 1.807) is 0 Å². The molecule has 0 amide bonds. The molecule has 1 aromatic carbocycles. The van der Waals surface area contributed by atoms with Gasteiger partial charge in [0.2, 0.25) is 10.0 Å². The van der Waals surface area contributed by atoms with Gasteiger partial charge in [-0.25, -0.2) is 22.3 Å². The SMILES string of the molecule is NS(=O)(=O)c1cc(F)c(-c2csc(=O)[nH]2)cc1F. The molecule has 0 aliphatic carbocycles. The Kier molecular flexibility index (Phi) is 3.05. The maximum atomic E-state index is 13.7. The molecule has 2 aromatic rings. The monoisotopic (exact) mass is 292 g/mol. The van der Waals surface area contributed by atoms with Gasteiger partial charge in [-0.2, -0.15) is 0 Å². The van der Waals surface area contributed by atoms with E-state index >= 15 is 0 Å². The number of nitrogens with one attached hydrogen (secondary N) is 1. The van der Waals surface area contributed by atoms with E-state index in [0.717, 1.165) is 11.3 Å². The summed E-state index contributed by atoms with van der Waals surface area (Å²) < 4.78 is 49.1. The first kappa shape index (κ1) is 12.9. The van der Waals surface area contributed by atoms with Crippen molar-refractivity contribution in [3.63, 3.8) is 0 Å². The summed E-state index contributed by atoms with van der Waals surface area (Å²) in [6.07, 6.45) is 0. The van der Waals surface area contributed by atoms with Gasteiger partial charge in [-0.3, -0.25) is 4.79 Å². The van der Waals surface area contributed by atoms with Crippen molar-refractivity contribution >= 4 is 21.4 Å². The van der Waals surface area contributed by atoms with Crippen LogP contribution in [0.1, 0.15) is 0 Å². The van der Waals surface area contributed by atoms with Crippen LogP contribution >= 0.6 is 11.3 Å². The predicted octanol–water partition coefficient (Wildman–Crippen LogP) is 1.03. The Morgan fingerprint density at radius 2 is 1.89 bits per heavy atom. The van der Waals surface area contributed by atoms with Crippen LogP contribution in [0.15, 0.2) is 27.2 Å². The number of hydrogen-bond acceptors (Lipinski definition) is 4. The van der Waals surface area contributed by atoms with Crippen molar-refractivity contribution in [3.05, 3.63) is 38.8 Å². The van der Waals surface area contributed by atoms with Crippen molar-refractivity contribution in [1.82, 2.24) is 4.98 Å². The molecular formula is C9H6F2N2O3S2. The lowest BCUT2D eigenvalue weighted by molar-refractivity contribution is 0.555. The number of benzene rings is 1. The Morgan fingerprint density at radius 3 is 2.39 bits per heavy atom. The fourth-order valence-corrected chi connectivity index (χ4v) is 2.54. The summed E-state index contributed by atoms with van der Waals surface area (Å²) in [7, 11) is -4.33. The molecule has 0 radical (unpaired) electrons. The molecule has 2 rings (SSSR count). The Hall–Kier alpha value is -1.58. The third-order valence-corrected chi connectivity index (χ3v) is 3.73. The first-order chi connectivity index (χ1) is 8.29. The number of aromatic nitrogens is 1. The van der Waals surface area contributed by atoms with Crippen molar-refractivity contribution in [2.75, 3.05) is 0 Å². The number of rotatable bonds is 2. The van der Waals surface area contributed by atoms with Gasteiger partial charge in [0, 0.05) is 10.9 Å². The first-order valence-electron chi connectivity index (χ1n) is 4.49. The normalized spacial score (nSPS) is 11.7. The van der Waals surface area contributed by atoms with Gasteiger partial charge in [0.25, 0.3) is 0 Å². The summed E-state index contributed by atoms with van der Waals surface area (Å²) in [5, 5.41) is 6.03. The zero-order chi connectivity index (χ0) is 13.5. The minimum atomic E-state index is -4.33. The average Bonchev–Trinajstić information content (AvgIpc) is 2.66. The van der Waals surface area contributed by atoms with Crippen LogP contribution in [0.25, 0.3) is 11.3 Å². The molecular weight excluding hydrogens is 286 g/mol. The Bertz CT molecular complexity index is 764. The Labute approximate surface area is 104 Å². The maximum absolute atomic E-state index is 13.7. The van der Waals surface area contributed by atoms with Crippen LogP contribution in [0.3, 0.4) is 0 Å². The molecule has 3 N–H and O–H groups in total. The maximum Gasteiger partial charge on any atom is 0.304 e. The smallest absolute Gasteiger partial charge is 0.304 e. The van der Waals surface area contributed by atoms with Crippen LogP contribution in [0.4, 0.5) is 8.78 Å². The number of nitrogens with two attached hydrogens (primary N) is 1. The van der Waals surface area contributed by atoms with Crippen molar-refractivity contribution < 1.29 is 17.2 Å². The van der Waals surface area contributed by atoms with E-state index in [9.17, 15) is 22.0 Å². The number of primary sulfonamides is 1. The first-order valence-corrected chi connectivity index (χ1v) is 6.91. The fraction of sp³-hybridized carbons (Fsp3) is 0. The molecule has 0 bridgehead atoms. The molecule has 1 heterocycles. The highest BCUT2D eigenvalue weighted by atomic mass is 32.2. The molecule has 0 unspecified atom stereocenters. The lowest BCUT2D eigenvalue weighted by Crippen LogP contribution is -2.14. The van der Waals surface area contributed by atoms with E-state index in [4.69, 9.17) is 5.14 Å². The molecule has 18 heavy (non-hydrogen) atoms. The van der Waals surface area contributed by atoms with Crippen LogP contribution < -0.4 is 10.0 Å². The second-order valence-electron chi connectivity index (χ2n) is 3.37. The van der Waals surface area contributed by atoms with Gasteiger partial charge in [-0.15, -0.1) is 0 Å². The number of aromatic amines is 1. The highest BCUT2D eigenvalue weighted by molar-refractivity contribution is 7.89. The molecule has 0 spiro atoms. The highest BCUT2D eigenvalue weighted by Gasteiger charge is 2.19. The Balaban J connectivity index is 2.67. The summed E-state index contributed by atoms with van der Waals surface area (Å²) in [6, 6.07) is 1.16. The summed E-state index contributed by atoms with van der Waals surface area (Å²) >= 11 is 0.780. The zero-order valence-corrected chi connectivity index (χ0v) is 10.2. The predicted molar refractivity (Wildman–Crippen MR) is 61.7 cm³/mol. The van der Waals surface area contributed by atoms with Crippen molar-refractivity contribution in [2.24, 2.45) is 5.14 Å². The van der Waals surface area contributed by atoms with Crippen LogP contribution in [0, 0.1) is 11.6 Å². The third kappa shape index (κ3) is 2.33. The topological polar surface area (TPSA) is 93.0 Å². The largest absolute Gasteiger partial charge is 0.312 e. The van der Waals surface area contributed by atoms with E-state index in [0.29, 0.717) is 12.1 Å². The molecule has 9 heteroatoms. The van der Waals surface area contributed by atoms with E-state index in [1.165, 1.54) is 5.38 Å². The number of thiazole rings is 1. The molecule has 0 atom stereocenters. The number of hydrogen-bond donors (Lipinski definition) is 2. The molecule has 0 saturated carbocycles. The fourth-order valence-electron chi connectivity index (χ4n) is 1.37. The van der Waals surface area contributed by atoms with Gasteiger partial charge in [0.15, 0.2) is 0 Å². The lowest BCUT2D eigenvalue weighted by Gasteiger charge is -2.04. The molecule has 96 valence electrons. The van der Waals surface area contributed by atoms with E-state index in [1.807, 2.05) is 0 Å². The number of sulfonamides is 1. The van der Waals surface area contributed by atoms with Gasteiger partial charge in [0.1, 0.15) is 16.5 Å². The molecule has 1 aromatic heterocycles. The van der Waals surface area contributed by atoms with E-state index in [-0.39, 0.29) is 11.3 Å². The van der Waals surface area contributed by atoms with Gasteiger partial charge < -0.3 is 4.98 Å². The van der Waals surface area contributed by atoms with Crippen molar-refractivity contribution in [1.29, 1.82) is 0 Å². The summed E-state index contributed by atoms with van der Waals surface area (Å²) in [5.41, 5.74) is -0.166. The van der Waals surface area contributed by atoms with Crippen molar-refractivity contribution in [3.8, 4) is 11.3 Å². The van der Waals surface area contributed by atoms with Gasteiger partial charge >= 0.3 is 4.87 Å². The molecule has 0 fully saturated rings. The molecule has 5 nitrogen and oxygen atoms in total. The highest BCUT2D eigenvalue weighted by Crippen LogP contribution is 2.25. The van der Waals surface area contributed by atoms with E-state index < -0.39 is 31.4 Å². The standard InChI is InChI=1S/C9H6F2N2O3S2/c10-5-2-8(18(12,15)16)6(11)1-4(5)7-3-17-9(14)13-7/h1-3H,(H,13,14)(H2,12,15,16). The second kappa shape index (κ2) is 4.26. The van der Waals surface area contributed by atoms with Crippen LogP contribution in [-0.4, -0.2) is 13.4 Å². The second-order valence-corrected chi connectivity index (χ2v) is 5.74. The van der Waals surface area contributed by atoms with Gasteiger partial charge in [0.05, 0.1) is 5.69 Å². The Morgan fingerprint density at radius 1 is 1.22 bits per heavy atom. The molecule has 0 saturated heterocycles. The minimum Gasteiger partial charge on any atom is -0.312 e. The summed E-state index contributed by atoms with van der Waals surface area (Å²) in [6.45, 7) is 0. The lowest BCUT2D eigenvalue weighted by atomic mass is 10.1. The third-order valence-electron chi connectivity index (χ3n) is 2.14. The zero-order valence-electron chi connectivity index (χ0n) is 8.61. The quantitative estimate of drug-likeness (QED) is 0.865. The number of H-pyrrole nitrogens is 1. The van der Waals surface area contributed by atoms with Crippen LogP contribution in [0.2, 0.25) is 0 Å².